The van der Waals surface area contributed by atoms with Crippen LogP contribution in [0.5, 0.6) is 0 Å². The number of rotatable bonds is 4. The molecule has 4 heteroatoms. The Kier molecular flexibility index (Phi) is 4.85. The minimum Gasteiger partial charge on any atom is -0.323 e. The predicted octanol–water partition coefficient (Wildman–Crippen LogP) is 5.53. The topological polar surface area (TPSA) is 38.1 Å². The number of hydrogen-bond donors (Lipinski definition) is 0. The van der Waals surface area contributed by atoms with Crippen LogP contribution in [0.15, 0.2) is 66.7 Å². The van der Waals surface area contributed by atoms with Crippen LogP contribution >= 0.6 is 0 Å². The molecule has 3 aromatic carbocycles. The van der Waals surface area contributed by atoms with Crippen molar-refractivity contribution < 1.29 is 4.79 Å². The molecule has 0 bridgehead atoms. The summed E-state index contributed by atoms with van der Waals surface area (Å²) >= 11 is 0. The van der Waals surface area contributed by atoms with Gasteiger partial charge in [-0.25, -0.2) is 4.98 Å². The molecule has 0 saturated carbocycles. The molecular weight excluding hydrogens is 382 g/mol. The number of para-hydroxylation sites is 2. The Balaban J connectivity index is 1.52. The third-order valence-electron chi connectivity index (χ3n) is 6.15. The van der Waals surface area contributed by atoms with Gasteiger partial charge in [-0.1, -0.05) is 48.0 Å². The average Bonchev–Trinajstić information content (AvgIpc) is 3.30. The molecule has 1 aliphatic heterocycles. The molecule has 31 heavy (non-hydrogen) atoms. The second kappa shape index (κ2) is 7.69. The van der Waals surface area contributed by atoms with Crippen molar-refractivity contribution in [2.75, 3.05) is 11.4 Å². The summed E-state index contributed by atoms with van der Waals surface area (Å²) < 4.78 is 2.29. The number of hydrogen-bond acceptors (Lipinski definition) is 2. The minimum absolute atomic E-state index is 0.0752. The first-order chi connectivity index (χ1) is 15.0. The lowest BCUT2D eigenvalue weighted by Crippen LogP contribution is -2.24. The number of nitrogens with zero attached hydrogens (tertiary/aromatic N) is 3. The van der Waals surface area contributed by atoms with Crippen LogP contribution in [0.4, 0.5) is 5.69 Å². The smallest absolute Gasteiger partial charge is 0.227 e. The van der Waals surface area contributed by atoms with Crippen molar-refractivity contribution in [2.45, 2.75) is 39.7 Å². The molecule has 4 nitrogen and oxygen atoms in total. The quantitative estimate of drug-likeness (QED) is 0.444. The molecule has 5 rings (SSSR count). The summed E-state index contributed by atoms with van der Waals surface area (Å²) in [7, 11) is 0. The maximum Gasteiger partial charge on any atom is 0.227 e. The van der Waals surface area contributed by atoms with Gasteiger partial charge in [-0.2, -0.15) is 0 Å². The second-order valence-electron chi connectivity index (χ2n) is 8.78. The van der Waals surface area contributed by atoms with Crippen molar-refractivity contribution >= 4 is 22.6 Å². The maximum absolute atomic E-state index is 13.0. The van der Waals surface area contributed by atoms with E-state index in [0.29, 0.717) is 13.0 Å². The SMILES string of the molecule is Cc1ccc(Cn2c(C3CC(=O)N(c4cc(C)cc(C)c4)C3)nc3ccccc32)cc1. The van der Waals surface area contributed by atoms with E-state index in [0.717, 1.165) is 29.1 Å². The first kappa shape index (κ1) is 19.6. The van der Waals surface area contributed by atoms with Crippen LogP contribution in [-0.2, 0) is 11.3 Å². The zero-order valence-electron chi connectivity index (χ0n) is 18.3. The molecule has 1 aromatic heterocycles. The van der Waals surface area contributed by atoms with E-state index in [1.807, 2.05) is 11.0 Å². The van der Waals surface area contributed by atoms with Crippen molar-refractivity contribution in [2.24, 2.45) is 0 Å². The van der Waals surface area contributed by atoms with Gasteiger partial charge in [-0.05, 0) is 61.7 Å². The Hall–Kier alpha value is -3.40. The van der Waals surface area contributed by atoms with E-state index in [9.17, 15) is 4.79 Å². The summed E-state index contributed by atoms with van der Waals surface area (Å²) in [6, 6.07) is 23.3. The maximum atomic E-state index is 13.0. The number of fused-ring (bicyclic) bond motifs is 1. The molecule has 1 fully saturated rings. The molecule has 0 radical (unpaired) electrons. The van der Waals surface area contributed by atoms with E-state index in [1.165, 1.54) is 22.3 Å². The molecular formula is C27H27N3O. The molecule has 1 saturated heterocycles. The van der Waals surface area contributed by atoms with Crippen LogP contribution in [0.2, 0.25) is 0 Å². The zero-order valence-corrected chi connectivity index (χ0v) is 18.3. The van der Waals surface area contributed by atoms with Gasteiger partial charge in [0.05, 0.1) is 11.0 Å². The first-order valence-corrected chi connectivity index (χ1v) is 10.9. The third kappa shape index (κ3) is 3.74. The highest BCUT2D eigenvalue weighted by Crippen LogP contribution is 2.34. The standard InChI is InChI=1S/C27H27N3O/c1-18-8-10-21(11-9-18)16-30-25-7-5-4-6-24(25)28-27(30)22-15-26(31)29(17-22)23-13-19(2)12-20(3)14-23/h4-14,22H,15-17H2,1-3H3. The van der Waals surface area contributed by atoms with E-state index in [-0.39, 0.29) is 11.8 Å². The lowest BCUT2D eigenvalue weighted by atomic mass is 10.1. The van der Waals surface area contributed by atoms with Gasteiger partial charge in [-0.3, -0.25) is 4.79 Å². The van der Waals surface area contributed by atoms with E-state index >= 15 is 0 Å². The molecule has 1 amide bonds. The highest BCUT2D eigenvalue weighted by molar-refractivity contribution is 5.96. The monoisotopic (exact) mass is 409 g/mol. The number of carbonyl (C=O) groups excluding carboxylic acids is 1. The molecule has 1 atom stereocenters. The van der Waals surface area contributed by atoms with Crippen molar-refractivity contribution in [3.05, 3.63) is 94.8 Å². The number of benzene rings is 3. The van der Waals surface area contributed by atoms with E-state index in [2.05, 4.69) is 86.0 Å². The average molecular weight is 410 g/mol. The lowest BCUT2D eigenvalue weighted by molar-refractivity contribution is -0.117. The van der Waals surface area contributed by atoms with Gasteiger partial charge in [0.25, 0.3) is 0 Å². The van der Waals surface area contributed by atoms with Crippen LogP contribution < -0.4 is 4.90 Å². The van der Waals surface area contributed by atoms with Crippen LogP contribution in [0.25, 0.3) is 11.0 Å². The Morgan fingerprint density at radius 2 is 1.61 bits per heavy atom. The largest absolute Gasteiger partial charge is 0.323 e. The summed E-state index contributed by atoms with van der Waals surface area (Å²) in [5.74, 6) is 1.25. The summed E-state index contributed by atoms with van der Waals surface area (Å²) in [4.78, 5) is 19.9. The van der Waals surface area contributed by atoms with Gasteiger partial charge in [-0.15, -0.1) is 0 Å². The zero-order chi connectivity index (χ0) is 21.5. The van der Waals surface area contributed by atoms with E-state index in [4.69, 9.17) is 4.98 Å². The number of carbonyl (C=O) groups is 1. The molecule has 0 N–H and O–H groups in total. The number of anilines is 1. The van der Waals surface area contributed by atoms with Crippen LogP contribution in [-0.4, -0.2) is 22.0 Å². The minimum atomic E-state index is 0.0752. The second-order valence-corrected chi connectivity index (χ2v) is 8.78. The fourth-order valence-corrected chi connectivity index (χ4v) is 4.68. The Morgan fingerprint density at radius 1 is 0.903 bits per heavy atom. The van der Waals surface area contributed by atoms with Crippen LogP contribution in [0.3, 0.4) is 0 Å². The number of aryl methyl sites for hydroxylation is 3. The third-order valence-corrected chi connectivity index (χ3v) is 6.15. The number of amides is 1. The van der Waals surface area contributed by atoms with Crippen LogP contribution in [0.1, 0.15) is 40.4 Å². The molecule has 156 valence electrons. The molecule has 2 heterocycles. The fourth-order valence-electron chi connectivity index (χ4n) is 4.68. The Labute approximate surface area is 183 Å². The highest BCUT2D eigenvalue weighted by Gasteiger charge is 2.35. The summed E-state index contributed by atoms with van der Waals surface area (Å²) in [6.45, 7) is 7.68. The Morgan fingerprint density at radius 3 is 2.35 bits per heavy atom. The Bertz CT molecular complexity index is 1250. The fraction of sp³-hybridized carbons (Fsp3) is 0.259. The normalized spacial score (nSPS) is 16.4. The van der Waals surface area contributed by atoms with Gasteiger partial charge in [0.1, 0.15) is 5.82 Å². The summed E-state index contributed by atoms with van der Waals surface area (Å²) in [5.41, 5.74) is 7.95. The van der Waals surface area contributed by atoms with Gasteiger partial charge >= 0.3 is 0 Å². The lowest BCUT2D eigenvalue weighted by Gasteiger charge is -2.19. The molecule has 0 aliphatic carbocycles. The van der Waals surface area contributed by atoms with Gasteiger partial charge in [0.15, 0.2) is 0 Å². The van der Waals surface area contributed by atoms with E-state index in [1.54, 1.807) is 0 Å². The summed E-state index contributed by atoms with van der Waals surface area (Å²) in [5, 5.41) is 0. The molecule has 1 aliphatic rings. The van der Waals surface area contributed by atoms with Crippen molar-refractivity contribution in [1.82, 2.24) is 9.55 Å². The van der Waals surface area contributed by atoms with Crippen LogP contribution in [0, 0.1) is 20.8 Å². The van der Waals surface area contributed by atoms with Gasteiger partial charge in [0, 0.05) is 31.1 Å². The van der Waals surface area contributed by atoms with E-state index < -0.39 is 0 Å². The molecule has 4 aromatic rings. The molecule has 1 unspecified atom stereocenters. The number of imidazole rings is 1. The van der Waals surface area contributed by atoms with Gasteiger partial charge in [0.2, 0.25) is 5.91 Å². The van der Waals surface area contributed by atoms with Crippen molar-refractivity contribution in [1.29, 1.82) is 0 Å². The number of aromatic nitrogens is 2. The molecule has 0 spiro atoms. The van der Waals surface area contributed by atoms with Crippen molar-refractivity contribution in [3.8, 4) is 0 Å². The van der Waals surface area contributed by atoms with Gasteiger partial charge < -0.3 is 9.47 Å². The first-order valence-electron chi connectivity index (χ1n) is 10.9. The summed E-state index contributed by atoms with van der Waals surface area (Å²) in [6.07, 6.45) is 0.490. The highest BCUT2D eigenvalue weighted by atomic mass is 16.2. The van der Waals surface area contributed by atoms with Crippen molar-refractivity contribution in [3.63, 3.8) is 0 Å². The predicted molar refractivity (Wildman–Crippen MR) is 126 cm³/mol.